The van der Waals surface area contributed by atoms with Crippen LogP contribution in [0.5, 0.6) is 5.75 Å². The lowest BCUT2D eigenvalue weighted by atomic mass is 9.97. The monoisotopic (exact) mass is 498 g/mol. The maximum absolute atomic E-state index is 13.0. The molecule has 0 amide bonds. The van der Waals surface area contributed by atoms with Gasteiger partial charge in [0.1, 0.15) is 23.4 Å². The van der Waals surface area contributed by atoms with Gasteiger partial charge in [-0.3, -0.25) is 14.4 Å². The Morgan fingerprint density at radius 2 is 1.76 bits per heavy atom. The van der Waals surface area contributed by atoms with Crippen LogP contribution in [0.25, 0.3) is 21.8 Å². The number of ether oxygens (including phenoxy) is 1. The van der Waals surface area contributed by atoms with Gasteiger partial charge in [-0.25, -0.2) is 4.68 Å². The van der Waals surface area contributed by atoms with Crippen LogP contribution in [0.3, 0.4) is 0 Å². The quantitative estimate of drug-likeness (QED) is 0.284. The van der Waals surface area contributed by atoms with Crippen LogP contribution >= 0.6 is 0 Å². The minimum absolute atomic E-state index is 0.000178. The van der Waals surface area contributed by atoms with Crippen molar-refractivity contribution in [3.8, 4) is 5.75 Å². The molecule has 2 aromatic heterocycles. The molecule has 0 saturated carbocycles. The number of benzene rings is 3. The molecular formula is C27H22N4O6. The summed E-state index contributed by atoms with van der Waals surface area (Å²) in [7, 11) is 0. The number of Topliss-reactive ketones (excluding diaryl/α,β-unsaturated/α-hetero) is 1. The van der Waals surface area contributed by atoms with Crippen molar-refractivity contribution in [1.29, 1.82) is 0 Å². The normalized spacial score (nSPS) is 12.0. The van der Waals surface area contributed by atoms with Gasteiger partial charge in [0, 0.05) is 19.0 Å². The smallest absolute Gasteiger partial charge is 0.307 e. The van der Waals surface area contributed by atoms with E-state index in [0.717, 1.165) is 10.2 Å². The van der Waals surface area contributed by atoms with Crippen molar-refractivity contribution in [2.24, 2.45) is 5.92 Å². The highest BCUT2D eigenvalue weighted by Crippen LogP contribution is 2.26. The number of fused-ring (bicyclic) bond motifs is 2. The van der Waals surface area contributed by atoms with Crippen LogP contribution in [0, 0.1) is 5.92 Å². The van der Waals surface area contributed by atoms with Crippen LogP contribution in [0.4, 0.5) is 0 Å². The molecule has 5 aromatic rings. The minimum Gasteiger partial charge on any atom is -0.489 e. The number of carbonyl (C=O) groups excluding carboxylic acids is 1. The zero-order chi connectivity index (χ0) is 25.8. The number of nitrogens with zero attached hydrogens (tertiary/aromatic N) is 4. The highest BCUT2D eigenvalue weighted by molar-refractivity contribution is 6.05. The van der Waals surface area contributed by atoms with Crippen LogP contribution in [0.15, 0.2) is 82.1 Å². The predicted molar refractivity (Wildman–Crippen MR) is 133 cm³/mol. The molecule has 0 fully saturated rings. The van der Waals surface area contributed by atoms with Crippen LogP contribution in [0.2, 0.25) is 0 Å². The zero-order valence-corrected chi connectivity index (χ0v) is 19.6. The van der Waals surface area contributed by atoms with E-state index in [1.165, 1.54) is 0 Å². The number of hydrogen-bond acceptors (Lipinski definition) is 8. The number of aliphatic carboxylic acids is 1. The molecule has 37 heavy (non-hydrogen) atoms. The van der Waals surface area contributed by atoms with Gasteiger partial charge in [0.05, 0.1) is 16.7 Å². The predicted octanol–water partition coefficient (Wildman–Crippen LogP) is 3.88. The molecule has 0 aliphatic rings. The summed E-state index contributed by atoms with van der Waals surface area (Å²) in [6.07, 6.45) is -0.306. The van der Waals surface area contributed by atoms with Crippen molar-refractivity contribution in [2.45, 2.75) is 26.0 Å². The highest BCUT2D eigenvalue weighted by Gasteiger charge is 2.26. The average Bonchev–Trinajstić information content (AvgIpc) is 3.35. The maximum atomic E-state index is 13.0. The van der Waals surface area contributed by atoms with E-state index in [9.17, 15) is 19.5 Å². The molecule has 0 aliphatic carbocycles. The van der Waals surface area contributed by atoms with E-state index in [4.69, 9.17) is 9.26 Å². The summed E-state index contributed by atoms with van der Waals surface area (Å²) in [6.45, 7) is 0.376. The number of carboxylic acids is 1. The second kappa shape index (κ2) is 10.4. The first kappa shape index (κ1) is 23.9. The fraction of sp³-hybridized carbons (Fsp3) is 0.185. The lowest BCUT2D eigenvalue weighted by Crippen LogP contribution is -2.27. The van der Waals surface area contributed by atoms with Crippen LogP contribution in [0.1, 0.15) is 29.0 Å². The Kier molecular flexibility index (Phi) is 6.71. The number of carboxylic acid groups (broad SMARTS) is 1. The van der Waals surface area contributed by atoms with E-state index < -0.39 is 17.7 Å². The molecule has 0 saturated heterocycles. The highest BCUT2D eigenvalue weighted by atomic mass is 16.5. The summed E-state index contributed by atoms with van der Waals surface area (Å²) >= 11 is 0. The fourth-order valence-electron chi connectivity index (χ4n) is 4.03. The molecule has 2 heterocycles. The molecule has 0 radical (unpaired) electrons. The van der Waals surface area contributed by atoms with Crippen molar-refractivity contribution < 1.29 is 24.0 Å². The fourth-order valence-corrected chi connectivity index (χ4v) is 4.03. The van der Waals surface area contributed by atoms with Gasteiger partial charge >= 0.3 is 5.97 Å². The molecular weight excluding hydrogens is 476 g/mol. The van der Waals surface area contributed by atoms with Crippen LogP contribution in [-0.4, -0.2) is 37.0 Å². The molecule has 10 heteroatoms. The third kappa shape index (κ3) is 5.22. The van der Waals surface area contributed by atoms with Gasteiger partial charge in [0.25, 0.3) is 5.56 Å². The number of aryl methyl sites for hydroxylation is 1. The first-order valence-electron chi connectivity index (χ1n) is 11.6. The maximum Gasteiger partial charge on any atom is 0.307 e. The summed E-state index contributed by atoms with van der Waals surface area (Å²) in [4.78, 5) is 37.5. The standard InChI is InChI=1S/C27H22N4O6/c32-24(14-18(27(34)35)12-13-31-26(33)21-8-4-5-9-22(21)28-30-31)25-20-11-10-19(15-23(20)29-37-25)36-16-17-6-2-1-3-7-17/h1-11,15,18H,12-14,16H2,(H,34,35). The van der Waals surface area contributed by atoms with Gasteiger partial charge < -0.3 is 14.4 Å². The summed E-state index contributed by atoms with van der Waals surface area (Å²) in [5.74, 6) is -2.16. The van der Waals surface area contributed by atoms with Crippen molar-refractivity contribution >= 4 is 33.6 Å². The van der Waals surface area contributed by atoms with E-state index in [1.54, 1.807) is 42.5 Å². The number of aromatic nitrogens is 4. The Bertz CT molecular complexity index is 1640. The van der Waals surface area contributed by atoms with Crippen molar-refractivity contribution in [3.63, 3.8) is 0 Å². The second-order valence-corrected chi connectivity index (χ2v) is 8.55. The molecule has 5 rings (SSSR count). The molecule has 1 unspecified atom stereocenters. The summed E-state index contributed by atoms with van der Waals surface area (Å²) in [5, 5.41) is 22.4. The van der Waals surface area contributed by atoms with Gasteiger partial charge in [-0.1, -0.05) is 52.8 Å². The average molecular weight is 498 g/mol. The lowest BCUT2D eigenvalue weighted by molar-refractivity contribution is -0.142. The Morgan fingerprint density at radius 3 is 2.57 bits per heavy atom. The summed E-state index contributed by atoms with van der Waals surface area (Å²) in [5.41, 5.74) is 1.53. The Morgan fingerprint density at radius 1 is 0.973 bits per heavy atom. The zero-order valence-electron chi connectivity index (χ0n) is 19.6. The molecule has 0 spiro atoms. The Balaban J connectivity index is 1.27. The second-order valence-electron chi connectivity index (χ2n) is 8.55. The summed E-state index contributed by atoms with van der Waals surface area (Å²) in [6, 6.07) is 21.5. The van der Waals surface area contributed by atoms with E-state index in [1.807, 2.05) is 30.3 Å². The van der Waals surface area contributed by atoms with Gasteiger partial charge in [0.2, 0.25) is 11.5 Å². The third-order valence-corrected chi connectivity index (χ3v) is 6.05. The van der Waals surface area contributed by atoms with Crippen LogP contribution in [-0.2, 0) is 17.9 Å². The Labute approximate surface area is 210 Å². The molecule has 1 atom stereocenters. The first-order chi connectivity index (χ1) is 18.0. The molecule has 0 bridgehead atoms. The van der Waals surface area contributed by atoms with Crippen molar-refractivity contribution in [3.05, 3.63) is 94.5 Å². The van der Waals surface area contributed by atoms with Gasteiger partial charge in [-0.2, -0.15) is 0 Å². The van der Waals surface area contributed by atoms with E-state index >= 15 is 0 Å². The Hall–Kier alpha value is -4.86. The van der Waals surface area contributed by atoms with Crippen molar-refractivity contribution in [1.82, 2.24) is 20.2 Å². The molecule has 0 aliphatic heterocycles. The van der Waals surface area contributed by atoms with Crippen molar-refractivity contribution in [2.75, 3.05) is 0 Å². The van der Waals surface area contributed by atoms with E-state index in [0.29, 0.717) is 34.2 Å². The largest absolute Gasteiger partial charge is 0.489 e. The first-order valence-corrected chi connectivity index (χ1v) is 11.6. The number of rotatable bonds is 10. The third-order valence-electron chi connectivity index (χ3n) is 6.05. The molecule has 1 N–H and O–H groups in total. The van der Waals surface area contributed by atoms with Crippen LogP contribution < -0.4 is 10.3 Å². The SMILES string of the molecule is O=C(CC(CCn1nnc2ccccc2c1=O)C(=O)O)c1onc2cc(OCc3ccccc3)ccc12. The van der Waals surface area contributed by atoms with Gasteiger partial charge in [-0.05, 0) is 36.2 Å². The molecule has 186 valence electrons. The van der Waals surface area contributed by atoms with E-state index in [-0.39, 0.29) is 30.7 Å². The number of ketones is 1. The topological polar surface area (TPSA) is 137 Å². The number of hydrogen-bond donors (Lipinski definition) is 1. The molecule has 3 aromatic carbocycles. The molecule has 10 nitrogen and oxygen atoms in total. The van der Waals surface area contributed by atoms with E-state index in [2.05, 4.69) is 15.5 Å². The minimum atomic E-state index is -1.16. The lowest BCUT2D eigenvalue weighted by Gasteiger charge is -2.11. The van der Waals surface area contributed by atoms with Gasteiger partial charge in [0.15, 0.2) is 0 Å². The van der Waals surface area contributed by atoms with Gasteiger partial charge in [-0.15, -0.1) is 5.10 Å². The number of carbonyl (C=O) groups is 2. The summed E-state index contributed by atoms with van der Waals surface area (Å²) < 4.78 is 12.2.